The molecule has 8 heteroatoms. The summed E-state index contributed by atoms with van der Waals surface area (Å²) >= 11 is 4.97. The van der Waals surface area contributed by atoms with E-state index in [0.717, 1.165) is 24.3 Å². The van der Waals surface area contributed by atoms with Crippen LogP contribution in [-0.4, -0.2) is 5.24 Å². The molecule has 21 heavy (non-hydrogen) atoms. The molecule has 0 aliphatic heterocycles. The summed E-state index contributed by atoms with van der Waals surface area (Å²) in [4.78, 5) is 10.4. The van der Waals surface area contributed by atoms with Gasteiger partial charge < -0.3 is 0 Å². The number of hydrogen-bond donors (Lipinski definition) is 0. The zero-order valence-corrected chi connectivity index (χ0v) is 10.9. The number of carbonyl (C=O) groups excluding carboxylic acids is 1. The molecule has 0 aliphatic rings. The van der Waals surface area contributed by atoms with E-state index in [1.807, 2.05) is 0 Å². The highest BCUT2D eigenvalue weighted by Crippen LogP contribution is 2.36. The van der Waals surface area contributed by atoms with Crippen molar-refractivity contribution in [2.24, 2.45) is 0 Å². The molecule has 0 saturated heterocycles. The van der Waals surface area contributed by atoms with Crippen LogP contribution < -0.4 is 0 Å². The van der Waals surface area contributed by atoms with Gasteiger partial charge in [-0.25, -0.2) is 0 Å². The van der Waals surface area contributed by atoms with Gasteiger partial charge in [0.2, 0.25) is 5.24 Å². The molecule has 0 bridgehead atoms. The Morgan fingerprint density at radius 1 is 0.905 bits per heavy atom. The minimum absolute atomic E-state index is 0.0372. The van der Waals surface area contributed by atoms with Gasteiger partial charge in [-0.1, -0.05) is 18.2 Å². The molecule has 0 saturated carbocycles. The van der Waals surface area contributed by atoms with Crippen molar-refractivity contribution in [1.29, 1.82) is 0 Å². The standard InChI is InChI=1S/C13H7ClF6O/c14-11(21)4-2-1-3-8-5-9(12(15,16)17)7-10(6-8)13(18,19)20/h1-7H/b3-1+,4-2+. The lowest BCUT2D eigenvalue weighted by Gasteiger charge is -2.12. The van der Waals surface area contributed by atoms with Crippen LogP contribution in [0.4, 0.5) is 26.3 Å². The summed E-state index contributed by atoms with van der Waals surface area (Å²) in [6.45, 7) is 0. The lowest BCUT2D eigenvalue weighted by molar-refractivity contribution is -0.143. The maximum atomic E-state index is 12.6. The summed E-state index contributed by atoms with van der Waals surface area (Å²) in [7, 11) is 0. The third kappa shape index (κ3) is 5.63. The number of halogens is 7. The van der Waals surface area contributed by atoms with Gasteiger partial charge >= 0.3 is 12.4 Å². The third-order valence-corrected chi connectivity index (χ3v) is 2.36. The molecule has 0 aliphatic carbocycles. The number of alkyl halides is 6. The van der Waals surface area contributed by atoms with E-state index in [1.54, 1.807) is 0 Å². The maximum absolute atomic E-state index is 12.6. The van der Waals surface area contributed by atoms with Gasteiger partial charge in [0.25, 0.3) is 0 Å². The molecule has 0 heterocycles. The quantitative estimate of drug-likeness (QED) is 0.328. The summed E-state index contributed by atoms with van der Waals surface area (Å²) in [5.41, 5.74) is -3.12. The molecule has 1 aromatic carbocycles. The fourth-order valence-electron chi connectivity index (χ4n) is 1.37. The Kier molecular flexibility index (Phi) is 5.22. The van der Waals surface area contributed by atoms with Gasteiger partial charge in [-0.05, 0) is 41.4 Å². The van der Waals surface area contributed by atoms with E-state index in [2.05, 4.69) is 0 Å². The average molecular weight is 329 g/mol. The van der Waals surface area contributed by atoms with Crippen LogP contribution in [0, 0.1) is 0 Å². The molecule has 114 valence electrons. The van der Waals surface area contributed by atoms with Crippen molar-refractivity contribution in [3.05, 3.63) is 53.1 Å². The number of benzene rings is 1. The van der Waals surface area contributed by atoms with E-state index >= 15 is 0 Å². The molecule has 0 fully saturated rings. The van der Waals surface area contributed by atoms with Gasteiger partial charge in [-0.3, -0.25) is 4.79 Å². The van der Waals surface area contributed by atoms with E-state index in [1.165, 1.54) is 0 Å². The van der Waals surface area contributed by atoms with Crippen LogP contribution in [0.5, 0.6) is 0 Å². The van der Waals surface area contributed by atoms with Crippen LogP contribution in [0.15, 0.2) is 36.4 Å². The van der Waals surface area contributed by atoms with Crippen LogP contribution >= 0.6 is 11.6 Å². The second-order valence-electron chi connectivity index (χ2n) is 3.86. The molecule has 1 rings (SSSR count). The SMILES string of the molecule is O=C(Cl)/C=C/C=C/c1cc(C(F)(F)F)cc(C(F)(F)F)c1. The van der Waals surface area contributed by atoms with Gasteiger partial charge in [0.05, 0.1) is 11.1 Å². The number of allylic oxidation sites excluding steroid dienone is 3. The normalized spacial score (nSPS) is 13.3. The summed E-state index contributed by atoms with van der Waals surface area (Å²) in [5.74, 6) is 0. The first-order valence-corrected chi connectivity index (χ1v) is 5.71. The van der Waals surface area contributed by atoms with Crippen LogP contribution in [0.3, 0.4) is 0 Å². The van der Waals surface area contributed by atoms with E-state index < -0.39 is 28.7 Å². The van der Waals surface area contributed by atoms with Gasteiger partial charge in [0, 0.05) is 0 Å². The fraction of sp³-hybridized carbons (Fsp3) is 0.154. The maximum Gasteiger partial charge on any atom is 0.416 e. The molecule has 0 amide bonds. The Bertz CT molecular complexity index is 551. The molecule has 1 aromatic rings. The van der Waals surface area contributed by atoms with Gasteiger partial charge in [0.1, 0.15) is 0 Å². The van der Waals surface area contributed by atoms with E-state index in [9.17, 15) is 31.1 Å². The highest BCUT2D eigenvalue weighted by atomic mass is 35.5. The smallest absolute Gasteiger partial charge is 0.276 e. The first kappa shape index (κ1) is 17.3. The van der Waals surface area contributed by atoms with Crippen molar-refractivity contribution in [3.63, 3.8) is 0 Å². The van der Waals surface area contributed by atoms with Crippen molar-refractivity contribution < 1.29 is 31.1 Å². The van der Waals surface area contributed by atoms with Crippen LogP contribution in [0.25, 0.3) is 6.08 Å². The van der Waals surface area contributed by atoms with Gasteiger partial charge in [-0.2, -0.15) is 26.3 Å². The fourth-order valence-corrected chi connectivity index (χ4v) is 1.45. The molecule has 0 aromatic heterocycles. The molecule has 0 N–H and O–H groups in total. The van der Waals surface area contributed by atoms with Crippen LogP contribution in [-0.2, 0) is 17.1 Å². The van der Waals surface area contributed by atoms with Crippen LogP contribution in [0.2, 0.25) is 0 Å². The van der Waals surface area contributed by atoms with Crippen molar-refractivity contribution in [2.75, 3.05) is 0 Å². The van der Waals surface area contributed by atoms with Crippen molar-refractivity contribution in [2.45, 2.75) is 12.4 Å². The molecule has 0 atom stereocenters. The third-order valence-electron chi connectivity index (χ3n) is 2.24. The Labute approximate surface area is 120 Å². The van der Waals surface area contributed by atoms with E-state index in [-0.39, 0.29) is 11.6 Å². The molecular formula is C13H7ClF6O. The zero-order chi connectivity index (χ0) is 16.3. The molecular weight excluding hydrogens is 322 g/mol. The number of carbonyl (C=O) groups is 1. The number of rotatable bonds is 3. The minimum atomic E-state index is -4.90. The van der Waals surface area contributed by atoms with Gasteiger partial charge in [0.15, 0.2) is 0 Å². The van der Waals surface area contributed by atoms with Crippen molar-refractivity contribution in [3.8, 4) is 0 Å². The monoisotopic (exact) mass is 328 g/mol. The summed E-state index contributed by atoms with van der Waals surface area (Å²) in [6.07, 6.45) is -5.69. The van der Waals surface area contributed by atoms with Gasteiger partial charge in [-0.15, -0.1) is 0 Å². The second-order valence-corrected chi connectivity index (χ2v) is 4.23. The minimum Gasteiger partial charge on any atom is -0.276 e. The van der Waals surface area contributed by atoms with Crippen molar-refractivity contribution in [1.82, 2.24) is 0 Å². The summed E-state index contributed by atoms with van der Waals surface area (Å²) < 4.78 is 75.4. The molecule has 0 spiro atoms. The van der Waals surface area contributed by atoms with Crippen molar-refractivity contribution >= 4 is 22.9 Å². The lowest BCUT2D eigenvalue weighted by atomic mass is 10.0. The highest BCUT2D eigenvalue weighted by Gasteiger charge is 2.36. The van der Waals surface area contributed by atoms with E-state index in [4.69, 9.17) is 11.6 Å². The molecule has 0 radical (unpaired) electrons. The Morgan fingerprint density at radius 3 is 1.76 bits per heavy atom. The summed E-state index contributed by atoms with van der Waals surface area (Å²) in [6, 6.07) is 1.18. The second kappa shape index (κ2) is 6.34. The highest BCUT2D eigenvalue weighted by molar-refractivity contribution is 6.66. The largest absolute Gasteiger partial charge is 0.416 e. The Morgan fingerprint density at radius 2 is 1.38 bits per heavy atom. The molecule has 0 unspecified atom stereocenters. The predicted octanol–water partition coefficient (Wildman–Crippen LogP) is 5.06. The first-order chi connectivity index (χ1) is 9.50. The van der Waals surface area contributed by atoms with Crippen LogP contribution in [0.1, 0.15) is 16.7 Å². The van der Waals surface area contributed by atoms with E-state index in [0.29, 0.717) is 12.1 Å². The molecule has 1 nitrogen and oxygen atoms in total. The first-order valence-electron chi connectivity index (χ1n) is 5.34. The topological polar surface area (TPSA) is 17.1 Å². The Balaban J connectivity index is 3.23. The zero-order valence-electron chi connectivity index (χ0n) is 10.1. The predicted molar refractivity (Wildman–Crippen MR) is 65.5 cm³/mol. The summed E-state index contributed by atoms with van der Waals surface area (Å²) in [5, 5.41) is -0.820. The Hall–Kier alpha value is -1.76. The lowest BCUT2D eigenvalue weighted by Crippen LogP contribution is -2.11. The number of hydrogen-bond acceptors (Lipinski definition) is 1. The average Bonchev–Trinajstić information content (AvgIpc) is 2.32.